The molecule has 1 atom stereocenters. The molecule has 0 saturated carbocycles. The van der Waals surface area contributed by atoms with E-state index < -0.39 is 11.7 Å². The maximum atomic E-state index is 12.4. The fraction of sp³-hybridized carbons (Fsp3) is 0.222. The van der Waals surface area contributed by atoms with Gasteiger partial charge in [0.2, 0.25) is 0 Å². The minimum absolute atomic E-state index is 0.159. The quantitative estimate of drug-likeness (QED) is 0.865. The second-order valence-corrected chi connectivity index (χ2v) is 6.17. The Labute approximate surface area is 145 Å². The van der Waals surface area contributed by atoms with Crippen LogP contribution in [0.2, 0.25) is 0 Å². The van der Waals surface area contributed by atoms with Gasteiger partial charge in [-0.1, -0.05) is 48.2 Å². The van der Waals surface area contributed by atoms with E-state index >= 15 is 0 Å². The van der Waals surface area contributed by atoms with Gasteiger partial charge in [0.15, 0.2) is 5.17 Å². The molecule has 5 nitrogen and oxygen atoms in total. The molecule has 0 spiro atoms. The average Bonchev–Trinajstić information content (AvgIpc) is 2.94. The first-order valence-electron chi connectivity index (χ1n) is 7.66. The van der Waals surface area contributed by atoms with Crippen LogP contribution in [0, 0.1) is 0 Å². The van der Waals surface area contributed by atoms with Gasteiger partial charge < -0.3 is 9.84 Å². The highest BCUT2D eigenvalue weighted by Gasteiger charge is 2.51. The lowest BCUT2D eigenvalue weighted by atomic mass is 10.2. The molecule has 124 valence electrons. The molecule has 1 N–H and O–H groups in total. The summed E-state index contributed by atoms with van der Waals surface area (Å²) in [4.78, 5) is 18.5. The van der Waals surface area contributed by atoms with Gasteiger partial charge in [-0.25, -0.2) is 9.79 Å². The van der Waals surface area contributed by atoms with Crippen molar-refractivity contribution in [2.45, 2.75) is 12.6 Å². The van der Waals surface area contributed by atoms with Gasteiger partial charge in [-0.05, 0) is 31.2 Å². The highest BCUT2D eigenvalue weighted by molar-refractivity contribution is 8.14. The molecule has 3 rings (SSSR count). The molecule has 2 aromatic carbocycles. The van der Waals surface area contributed by atoms with Gasteiger partial charge in [-0.15, -0.1) is 0 Å². The molecule has 1 fully saturated rings. The molecule has 2 aromatic rings. The van der Waals surface area contributed by atoms with Crippen molar-refractivity contribution in [3.63, 3.8) is 0 Å². The number of amidine groups is 1. The number of aliphatic hydroxyl groups is 1. The van der Waals surface area contributed by atoms with Crippen LogP contribution in [0.25, 0.3) is 0 Å². The molecule has 1 saturated heterocycles. The topological polar surface area (TPSA) is 62.1 Å². The second kappa shape index (κ2) is 7.07. The van der Waals surface area contributed by atoms with Gasteiger partial charge >= 0.3 is 5.97 Å². The number of carbonyl (C=O) groups excluding carboxylic acids is 1. The van der Waals surface area contributed by atoms with Crippen LogP contribution >= 0.6 is 11.8 Å². The number of para-hydroxylation sites is 2. The molecule has 1 heterocycles. The highest BCUT2D eigenvalue weighted by atomic mass is 32.2. The summed E-state index contributed by atoms with van der Waals surface area (Å²) >= 11 is 1.33. The van der Waals surface area contributed by atoms with Crippen molar-refractivity contribution >= 4 is 34.3 Å². The van der Waals surface area contributed by atoms with Gasteiger partial charge in [0.25, 0.3) is 5.72 Å². The number of esters is 1. The lowest BCUT2D eigenvalue weighted by Crippen LogP contribution is -2.55. The number of rotatable bonds is 4. The molecule has 1 unspecified atom stereocenters. The first kappa shape index (κ1) is 16.5. The Kier molecular flexibility index (Phi) is 4.87. The van der Waals surface area contributed by atoms with Gasteiger partial charge in [0.1, 0.15) is 0 Å². The summed E-state index contributed by atoms with van der Waals surface area (Å²) in [6.45, 7) is 1.93. The molecule has 0 aromatic heterocycles. The molecule has 0 aliphatic carbocycles. The predicted octanol–water partition coefficient (Wildman–Crippen LogP) is 3.18. The summed E-state index contributed by atoms with van der Waals surface area (Å²) in [6, 6.07) is 18.7. The first-order chi connectivity index (χ1) is 11.6. The Morgan fingerprint density at radius 2 is 1.83 bits per heavy atom. The monoisotopic (exact) mass is 342 g/mol. The summed E-state index contributed by atoms with van der Waals surface area (Å²) in [6.07, 6.45) is 0. The lowest BCUT2D eigenvalue weighted by molar-refractivity contribution is -0.161. The standard InChI is InChI=1S/C18H18N2O3S/c1-2-23-16(21)18(22)13-24-17(19-14-9-5-3-6-10-14)20(18)15-11-7-4-8-12-15/h3-12,22H,2,13H2,1H3. The van der Waals surface area contributed by atoms with Crippen LogP contribution < -0.4 is 4.90 Å². The van der Waals surface area contributed by atoms with E-state index in [0.717, 1.165) is 5.69 Å². The van der Waals surface area contributed by atoms with Crippen LogP contribution in [-0.4, -0.2) is 34.3 Å². The lowest BCUT2D eigenvalue weighted by Gasteiger charge is -2.31. The summed E-state index contributed by atoms with van der Waals surface area (Å²) < 4.78 is 5.08. The number of benzene rings is 2. The molecule has 0 bridgehead atoms. The minimum Gasteiger partial charge on any atom is -0.462 e. The normalized spacial score (nSPS) is 21.9. The van der Waals surface area contributed by atoms with Crippen molar-refractivity contribution in [3.8, 4) is 0 Å². The Morgan fingerprint density at radius 3 is 2.46 bits per heavy atom. The third-order valence-electron chi connectivity index (χ3n) is 3.56. The van der Waals surface area contributed by atoms with Crippen molar-refractivity contribution in [2.75, 3.05) is 17.3 Å². The molecular formula is C18H18N2O3S. The van der Waals surface area contributed by atoms with Crippen molar-refractivity contribution in [3.05, 3.63) is 60.7 Å². The van der Waals surface area contributed by atoms with E-state index in [0.29, 0.717) is 10.9 Å². The SMILES string of the molecule is CCOC(=O)C1(O)CSC(=Nc2ccccc2)N1c1ccccc1. The zero-order valence-corrected chi connectivity index (χ0v) is 14.1. The summed E-state index contributed by atoms with van der Waals surface area (Å²) in [5, 5.41) is 11.6. The number of thioether (sulfide) groups is 1. The highest BCUT2D eigenvalue weighted by Crippen LogP contribution is 2.38. The van der Waals surface area contributed by atoms with Crippen LogP contribution in [0.4, 0.5) is 11.4 Å². The van der Waals surface area contributed by atoms with E-state index in [-0.39, 0.29) is 12.4 Å². The third kappa shape index (κ3) is 3.16. The average molecular weight is 342 g/mol. The molecule has 1 aliphatic heterocycles. The molecule has 1 aliphatic rings. The van der Waals surface area contributed by atoms with Crippen molar-refractivity contribution in [2.24, 2.45) is 4.99 Å². The van der Waals surface area contributed by atoms with Gasteiger partial charge in [0, 0.05) is 5.69 Å². The Hall–Kier alpha value is -2.31. The summed E-state index contributed by atoms with van der Waals surface area (Å²) in [5.41, 5.74) is -0.322. The van der Waals surface area contributed by atoms with Crippen LogP contribution in [0.1, 0.15) is 6.92 Å². The van der Waals surface area contributed by atoms with E-state index in [1.165, 1.54) is 11.8 Å². The van der Waals surface area contributed by atoms with Crippen LogP contribution in [0.5, 0.6) is 0 Å². The largest absolute Gasteiger partial charge is 0.462 e. The van der Waals surface area contributed by atoms with E-state index in [2.05, 4.69) is 4.99 Å². The van der Waals surface area contributed by atoms with E-state index in [4.69, 9.17) is 4.74 Å². The number of carbonyl (C=O) groups is 1. The molecular weight excluding hydrogens is 324 g/mol. The Morgan fingerprint density at radius 1 is 1.21 bits per heavy atom. The molecule has 24 heavy (non-hydrogen) atoms. The van der Waals surface area contributed by atoms with Crippen molar-refractivity contribution in [1.29, 1.82) is 0 Å². The van der Waals surface area contributed by atoms with Crippen LogP contribution in [0.15, 0.2) is 65.7 Å². The number of ether oxygens (including phenoxy) is 1. The van der Waals surface area contributed by atoms with Crippen LogP contribution in [-0.2, 0) is 9.53 Å². The number of hydrogen-bond donors (Lipinski definition) is 1. The fourth-order valence-corrected chi connectivity index (χ4v) is 3.58. The smallest absolute Gasteiger partial charge is 0.361 e. The van der Waals surface area contributed by atoms with Crippen molar-refractivity contribution < 1.29 is 14.6 Å². The minimum atomic E-state index is -1.77. The van der Waals surface area contributed by atoms with Gasteiger partial charge in [0.05, 0.1) is 18.0 Å². The molecule has 0 amide bonds. The maximum Gasteiger partial charge on any atom is 0.361 e. The Balaban J connectivity index is 2.04. The third-order valence-corrected chi connectivity index (χ3v) is 4.64. The number of hydrogen-bond acceptors (Lipinski definition) is 5. The van der Waals surface area contributed by atoms with E-state index in [9.17, 15) is 9.90 Å². The van der Waals surface area contributed by atoms with E-state index in [1.807, 2.05) is 60.7 Å². The fourth-order valence-electron chi connectivity index (χ4n) is 2.45. The maximum absolute atomic E-state index is 12.4. The summed E-state index contributed by atoms with van der Waals surface area (Å²) in [7, 11) is 0. The van der Waals surface area contributed by atoms with Gasteiger partial charge in [-0.2, -0.15) is 0 Å². The molecule has 6 heteroatoms. The van der Waals surface area contributed by atoms with Crippen LogP contribution in [0.3, 0.4) is 0 Å². The second-order valence-electron chi connectivity index (χ2n) is 5.23. The zero-order chi connectivity index (χ0) is 17.0. The predicted molar refractivity (Wildman–Crippen MR) is 96.5 cm³/mol. The first-order valence-corrected chi connectivity index (χ1v) is 8.65. The van der Waals surface area contributed by atoms with Gasteiger partial charge in [-0.3, -0.25) is 4.90 Å². The number of anilines is 1. The zero-order valence-electron chi connectivity index (χ0n) is 13.3. The Bertz CT molecular complexity index is 736. The number of nitrogens with zero attached hydrogens (tertiary/aromatic N) is 2. The summed E-state index contributed by atoms with van der Waals surface area (Å²) in [5.74, 6) is -0.508. The molecule has 0 radical (unpaired) electrons. The van der Waals surface area contributed by atoms with E-state index in [1.54, 1.807) is 11.8 Å². The van der Waals surface area contributed by atoms with Crippen molar-refractivity contribution in [1.82, 2.24) is 0 Å². The number of aliphatic imine (C=N–C) groups is 1.